The van der Waals surface area contributed by atoms with Crippen molar-refractivity contribution in [3.8, 4) is 5.75 Å². The van der Waals surface area contributed by atoms with Crippen molar-refractivity contribution in [2.75, 3.05) is 27.4 Å². The zero-order valence-electron chi connectivity index (χ0n) is 12.4. The van der Waals surface area contributed by atoms with Gasteiger partial charge in [-0.2, -0.15) is 0 Å². The molecule has 1 fully saturated rings. The Kier molecular flexibility index (Phi) is 3.87. The van der Waals surface area contributed by atoms with Gasteiger partial charge in [0.15, 0.2) is 0 Å². The van der Waals surface area contributed by atoms with Gasteiger partial charge in [-0.1, -0.05) is 6.07 Å². The minimum Gasteiger partial charge on any atom is -0.497 e. The third-order valence-corrected chi connectivity index (χ3v) is 4.78. The van der Waals surface area contributed by atoms with Crippen LogP contribution in [0.5, 0.6) is 5.75 Å². The Labute approximate surface area is 124 Å². The summed E-state index contributed by atoms with van der Waals surface area (Å²) in [5, 5.41) is 9.33. The van der Waals surface area contributed by atoms with Crippen LogP contribution in [0.2, 0.25) is 0 Å². The summed E-state index contributed by atoms with van der Waals surface area (Å²) in [7, 11) is 3.68. The molecule has 1 N–H and O–H groups in total. The van der Waals surface area contributed by atoms with Crippen molar-refractivity contribution in [2.45, 2.75) is 24.9 Å². The molecule has 5 heteroatoms. The molecule has 1 aliphatic carbocycles. The smallest absolute Gasteiger partial charge is 0.310 e. The van der Waals surface area contributed by atoms with Gasteiger partial charge in [-0.25, -0.2) is 0 Å². The van der Waals surface area contributed by atoms with Crippen LogP contribution in [-0.2, 0) is 16.0 Å². The molecule has 3 rings (SSSR count). The minimum atomic E-state index is -0.770. The molecule has 2 aliphatic rings. The second kappa shape index (κ2) is 5.66. The second-order valence-electron chi connectivity index (χ2n) is 5.83. The molecule has 1 saturated heterocycles. The predicted octanol–water partition coefficient (Wildman–Crippen LogP) is 1.71. The molecule has 1 aromatic rings. The Morgan fingerprint density at radius 3 is 2.95 bits per heavy atom. The molecule has 21 heavy (non-hydrogen) atoms. The lowest BCUT2D eigenvalue weighted by Gasteiger charge is -2.32. The number of likely N-dealkylation sites (N-methyl/N-ethyl adjacent to an activating group) is 1. The van der Waals surface area contributed by atoms with E-state index in [1.54, 1.807) is 7.11 Å². The van der Waals surface area contributed by atoms with E-state index in [-0.39, 0.29) is 12.1 Å². The Hall–Kier alpha value is -1.59. The summed E-state index contributed by atoms with van der Waals surface area (Å²) in [6, 6.07) is 6.35. The van der Waals surface area contributed by atoms with Gasteiger partial charge >= 0.3 is 5.97 Å². The fraction of sp³-hybridized carbons (Fsp3) is 0.562. The Balaban J connectivity index is 1.84. The highest BCUT2D eigenvalue weighted by molar-refractivity contribution is 5.71. The lowest BCUT2D eigenvalue weighted by atomic mass is 9.99. The number of nitrogens with zero attached hydrogens (tertiary/aromatic N) is 1. The molecule has 0 bridgehead atoms. The maximum absolute atomic E-state index is 11.4. The van der Waals surface area contributed by atoms with Crippen LogP contribution in [0.15, 0.2) is 18.2 Å². The number of aryl methyl sites for hydroxylation is 1. The van der Waals surface area contributed by atoms with Crippen molar-refractivity contribution in [1.29, 1.82) is 0 Å². The largest absolute Gasteiger partial charge is 0.497 e. The first-order valence-electron chi connectivity index (χ1n) is 7.31. The van der Waals surface area contributed by atoms with E-state index in [2.05, 4.69) is 17.0 Å². The third-order valence-electron chi connectivity index (χ3n) is 4.78. The van der Waals surface area contributed by atoms with Gasteiger partial charge in [0.1, 0.15) is 5.75 Å². The molecule has 1 aromatic carbocycles. The van der Waals surface area contributed by atoms with Crippen molar-refractivity contribution < 1.29 is 19.4 Å². The molecule has 3 atom stereocenters. The maximum atomic E-state index is 11.4. The van der Waals surface area contributed by atoms with E-state index in [1.165, 1.54) is 11.1 Å². The van der Waals surface area contributed by atoms with Crippen LogP contribution < -0.4 is 4.74 Å². The number of aliphatic carboxylic acids is 1. The summed E-state index contributed by atoms with van der Waals surface area (Å²) >= 11 is 0. The van der Waals surface area contributed by atoms with Gasteiger partial charge in [0, 0.05) is 12.1 Å². The summed E-state index contributed by atoms with van der Waals surface area (Å²) < 4.78 is 10.7. The number of fused-ring (bicyclic) bond motifs is 1. The molecule has 3 unspecified atom stereocenters. The summed E-state index contributed by atoms with van der Waals surface area (Å²) in [5.74, 6) is -0.357. The Morgan fingerprint density at radius 2 is 2.24 bits per heavy atom. The number of benzene rings is 1. The van der Waals surface area contributed by atoms with Crippen LogP contribution in [0.25, 0.3) is 0 Å². The molecule has 1 aliphatic heterocycles. The van der Waals surface area contributed by atoms with Gasteiger partial charge in [-0.05, 0) is 43.1 Å². The summed E-state index contributed by atoms with van der Waals surface area (Å²) in [4.78, 5) is 13.5. The highest BCUT2D eigenvalue weighted by atomic mass is 16.5. The van der Waals surface area contributed by atoms with Crippen molar-refractivity contribution in [3.63, 3.8) is 0 Å². The molecule has 5 nitrogen and oxygen atoms in total. The zero-order chi connectivity index (χ0) is 15.0. The van der Waals surface area contributed by atoms with Crippen LogP contribution in [-0.4, -0.2) is 49.4 Å². The lowest BCUT2D eigenvalue weighted by molar-refractivity contribution is -0.143. The minimum absolute atomic E-state index is 0.0651. The molecule has 0 amide bonds. The molecule has 0 radical (unpaired) electrons. The Bertz CT molecular complexity index is 545. The van der Waals surface area contributed by atoms with E-state index in [4.69, 9.17) is 9.47 Å². The fourth-order valence-electron chi connectivity index (χ4n) is 3.52. The van der Waals surface area contributed by atoms with E-state index >= 15 is 0 Å². The maximum Gasteiger partial charge on any atom is 0.310 e. The monoisotopic (exact) mass is 291 g/mol. The Morgan fingerprint density at radius 1 is 1.43 bits per heavy atom. The van der Waals surface area contributed by atoms with E-state index in [0.29, 0.717) is 13.2 Å². The third kappa shape index (κ3) is 2.51. The van der Waals surface area contributed by atoms with Gasteiger partial charge < -0.3 is 14.6 Å². The van der Waals surface area contributed by atoms with Gasteiger partial charge in [0.05, 0.1) is 26.2 Å². The quantitative estimate of drug-likeness (QED) is 0.915. The lowest BCUT2D eigenvalue weighted by Crippen LogP contribution is -2.42. The van der Waals surface area contributed by atoms with Crippen LogP contribution in [0.3, 0.4) is 0 Å². The van der Waals surface area contributed by atoms with E-state index < -0.39 is 11.9 Å². The first-order valence-corrected chi connectivity index (χ1v) is 7.31. The number of rotatable bonds is 4. The van der Waals surface area contributed by atoms with E-state index in [0.717, 1.165) is 18.6 Å². The normalized spacial score (nSPS) is 27.9. The van der Waals surface area contributed by atoms with Crippen molar-refractivity contribution in [2.24, 2.45) is 5.92 Å². The fourth-order valence-corrected chi connectivity index (χ4v) is 3.52. The number of carboxylic acids is 1. The van der Waals surface area contributed by atoms with Crippen molar-refractivity contribution in [1.82, 2.24) is 4.90 Å². The number of ether oxygens (including phenoxy) is 2. The number of carboxylic acid groups (broad SMARTS) is 1. The predicted molar refractivity (Wildman–Crippen MR) is 77.6 cm³/mol. The molecule has 1 heterocycles. The van der Waals surface area contributed by atoms with Gasteiger partial charge in [0.2, 0.25) is 0 Å². The molecule has 0 aromatic heterocycles. The van der Waals surface area contributed by atoms with Gasteiger partial charge in [-0.15, -0.1) is 0 Å². The average molecular weight is 291 g/mol. The number of carbonyl (C=O) groups is 1. The topological polar surface area (TPSA) is 59.0 Å². The van der Waals surface area contributed by atoms with E-state index in [9.17, 15) is 9.90 Å². The van der Waals surface area contributed by atoms with Crippen LogP contribution in [0.1, 0.15) is 23.6 Å². The first kappa shape index (κ1) is 14.4. The standard InChI is InChI=1S/C16H21NO4/c1-17(15-9-21-8-13(15)16(18)19)14-6-4-10-3-5-11(20-2)7-12(10)14/h3,5,7,13-15H,4,6,8-9H2,1-2H3,(H,18,19). The number of hydrogen-bond acceptors (Lipinski definition) is 4. The number of hydrogen-bond donors (Lipinski definition) is 1. The number of methoxy groups -OCH3 is 1. The van der Waals surface area contributed by atoms with E-state index in [1.807, 2.05) is 13.1 Å². The SMILES string of the molecule is COc1ccc2c(c1)C(N(C)C1COCC1C(=O)O)CC2. The second-order valence-corrected chi connectivity index (χ2v) is 5.83. The van der Waals surface area contributed by atoms with Crippen molar-refractivity contribution in [3.05, 3.63) is 29.3 Å². The van der Waals surface area contributed by atoms with Crippen LogP contribution in [0, 0.1) is 5.92 Å². The first-order chi connectivity index (χ1) is 10.1. The molecular weight excluding hydrogens is 270 g/mol. The van der Waals surface area contributed by atoms with Crippen LogP contribution >= 0.6 is 0 Å². The summed E-state index contributed by atoms with van der Waals surface area (Å²) in [5.41, 5.74) is 2.59. The molecule has 114 valence electrons. The van der Waals surface area contributed by atoms with Gasteiger partial charge in [0.25, 0.3) is 0 Å². The molecule has 0 saturated carbocycles. The highest BCUT2D eigenvalue weighted by Crippen LogP contribution is 2.39. The van der Waals surface area contributed by atoms with Gasteiger partial charge in [-0.3, -0.25) is 9.69 Å². The average Bonchev–Trinajstić information content (AvgIpc) is 3.12. The highest BCUT2D eigenvalue weighted by Gasteiger charge is 2.40. The summed E-state index contributed by atoms with van der Waals surface area (Å²) in [6.45, 7) is 0.797. The molecule has 0 spiro atoms. The zero-order valence-corrected chi connectivity index (χ0v) is 12.4. The molecular formula is C16H21NO4. The van der Waals surface area contributed by atoms with Crippen molar-refractivity contribution >= 4 is 5.97 Å². The van der Waals surface area contributed by atoms with Crippen LogP contribution in [0.4, 0.5) is 0 Å². The summed E-state index contributed by atoms with van der Waals surface area (Å²) in [6.07, 6.45) is 2.04.